The zero-order valence-corrected chi connectivity index (χ0v) is 12.7. The number of sulfonamides is 1. The Morgan fingerprint density at radius 3 is 2.57 bits per heavy atom. The molecule has 21 heavy (non-hydrogen) atoms. The van der Waals surface area contributed by atoms with Crippen molar-refractivity contribution >= 4 is 33.0 Å². The highest BCUT2D eigenvalue weighted by molar-refractivity contribution is 7.93. The Hall–Kier alpha value is -2.23. The Bertz CT molecular complexity index is 822. The molecule has 0 amide bonds. The maximum absolute atomic E-state index is 12.4. The summed E-state index contributed by atoms with van der Waals surface area (Å²) in [4.78, 5) is 0.0189. The molecule has 0 saturated carbocycles. The first kappa shape index (κ1) is 15.2. The van der Waals surface area contributed by atoms with Crippen LogP contribution in [0.25, 0.3) is 0 Å². The Morgan fingerprint density at radius 2 is 2.00 bits per heavy atom. The maximum Gasteiger partial charge on any atom is 0.264 e. The average Bonchev–Trinajstić information content (AvgIpc) is 2.40. The van der Waals surface area contributed by atoms with Gasteiger partial charge in [-0.3, -0.25) is 4.72 Å². The van der Waals surface area contributed by atoms with Gasteiger partial charge in [0.2, 0.25) is 0 Å². The van der Waals surface area contributed by atoms with Crippen molar-refractivity contribution < 1.29 is 8.42 Å². The highest BCUT2D eigenvalue weighted by Crippen LogP contribution is 2.28. The molecule has 0 atom stereocenters. The SMILES string of the molecule is Cc1cccc(N)c1S(=O)(=O)Nc1ccc(C#N)cc1Cl. The molecule has 7 heteroatoms. The molecule has 0 unspecified atom stereocenters. The normalized spacial score (nSPS) is 10.9. The maximum atomic E-state index is 12.4. The van der Waals surface area contributed by atoms with Crippen molar-refractivity contribution in [2.45, 2.75) is 11.8 Å². The second kappa shape index (κ2) is 5.64. The van der Waals surface area contributed by atoms with Crippen LogP contribution in [0.4, 0.5) is 11.4 Å². The van der Waals surface area contributed by atoms with Crippen LogP contribution >= 0.6 is 11.6 Å². The number of anilines is 2. The molecule has 2 rings (SSSR count). The molecule has 0 aliphatic heterocycles. The van der Waals surface area contributed by atoms with Crippen molar-refractivity contribution in [3.8, 4) is 6.07 Å². The van der Waals surface area contributed by atoms with E-state index in [1.54, 1.807) is 19.1 Å². The van der Waals surface area contributed by atoms with Gasteiger partial charge in [0, 0.05) is 0 Å². The lowest BCUT2D eigenvalue weighted by Gasteiger charge is -2.13. The summed E-state index contributed by atoms with van der Waals surface area (Å²) in [5, 5.41) is 8.92. The lowest BCUT2D eigenvalue weighted by atomic mass is 10.2. The van der Waals surface area contributed by atoms with Crippen LogP contribution in [0.1, 0.15) is 11.1 Å². The Labute approximate surface area is 128 Å². The molecule has 2 aromatic rings. The number of aryl methyl sites for hydroxylation is 1. The lowest BCUT2D eigenvalue weighted by molar-refractivity contribution is 0.601. The molecule has 0 radical (unpaired) electrons. The number of nitrogens with one attached hydrogen (secondary N) is 1. The fourth-order valence-electron chi connectivity index (χ4n) is 1.91. The molecule has 0 aromatic heterocycles. The van der Waals surface area contributed by atoms with E-state index in [2.05, 4.69) is 4.72 Å². The second-order valence-electron chi connectivity index (χ2n) is 4.41. The third kappa shape index (κ3) is 3.10. The molecule has 0 saturated heterocycles. The minimum atomic E-state index is -3.86. The first-order valence-corrected chi connectivity index (χ1v) is 7.79. The summed E-state index contributed by atoms with van der Waals surface area (Å²) in [6.07, 6.45) is 0. The molecule has 0 aliphatic carbocycles. The predicted molar refractivity (Wildman–Crippen MR) is 82.6 cm³/mol. The smallest absolute Gasteiger partial charge is 0.264 e. The van der Waals surface area contributed by atoms with Crippen molar-refractivity contribution in [3.63, 3.8) is 0 Å². The van der Waals surface area contributed by atoms with E-state index in [0.717, 1.165) is 0 Å². The van der Waals surface area contributed by atoms with Crippen molar-refractivity contribution in [2.24, 2.45) is 0 Å². The molecule has 5 nitrogen and oxygen atoms in total. The molecular formula is C14H12ClN3O2S. The fraction of sp³-hybridized carbons (Fsp3) is 0.0714. The Morgan fingerprint density at radius 1 is 1.29 bits per heavy atom. The quantitative estimate of drug-likeness (QED) is 0.849. The van der Waals surface area contributed by atoms with E-state index >= 15 is 0 Å². The van der Waals surface area contributed by atoms with Gasteiger partial charge in [0.05, 0.1) is 28.0 Å². The third-order valence-electron chi connectivity index (χ3n) is 2.85. The Kier molecular flexibility index (Phi) is 4.07. The summed E-state index contributed by atoms with van der Waals surface area (Å²) < 4.78 is 27.3. The number of nitrogens with two attached hydrogens (primary N) is 1. The van der Waals surface area contributed by atoms with Crippen molar-refractivity contribution in [1.82, 2.24) is 0 Å². The molecule has 108 valence electrons. The fourth-order valence-corrected chi connectivity index (χ4v) is 3.63. The average molecular weight is 322 g/mol. The number of nitriles is 1. The minimum Gasteiger partial charge on any atom is -0.398 e. The molecule has 2 aromatic carbocycles. The van der Waals surface area contributed by atoms with Gasteiger partial charge in [-0.25, -0.2) is 8.42 Å². The summed E-state index contributed by atoms with van der Waals surface area (Å²) in [6.45, 7) is 1.66. The van der Waals surface area contributed by atoms with Gasteiger partial charge >= 0.3 is 0 Å². The van der Waals surface area contributed by atoms with E-state index in [0.29, 0.717) is 11.1 Å². The highest BCUT2D eigenvalue weighted by atomic mass is 35.5. The van der Waals surface area contributed by atoms with Crippen LogP contribution in [0.5, 0.6) is 0 Å². The third-order valence-corrected chi connectivity index (χ3v) is 4.75. The van der Waals surface area contributed by atoms with E-state index in [-0.39, 0.29) is 21.3 Å². The standard InChI is InChI=1S/C14H12ClN3O2S/c1-9-3-2-4-12(17)14(9)21(19,20)18-13-6-5-10(8-16)7-11(13)15/h2-7,18H,17H2,1H3. The topological polar surface area (TPSA) is 96.0 Å². The second-order valence-corrected chi connectivity index (χ2v) is 6.43. The van der Waals surface area contributed by atoms with Crippen molar-refractivity contribution in [3.05, 3.63) is 52.5 Å². The summed E-state index contributed by atoms with van der Waals surface area (Å²) in [7, 11) is -3.86. The number of nitrogens with zero attached hydrogens (tertiary/aromatic N) is 1. The largest absolute Gasteiger partial charge is 0.398 e. The van der Waals surface area contributed by atoms with E-state index in [1.165, 1.54) is 24.3 Å². The van der Waals surface area contributed by atoms with E-state index in [4.69, 9.17) is 22.6 Å². The minimum absolute atomic E-state index is 0.0189. The molecule has 0 spiro atoms. The monoisotopic (exact) mass is 321 g/mol. The zero-order valence-electron chi connectivity index (χ0n) is 11.1. The van der Waals surface area contributed by atoms with Gasteiger partial charge in [0.15, 0.2) is 0 Å². The van der Waals surface area contributed by atoms with Crippen LogP contribution < -0.4 is 10.5 Å². The summed E-state index contributed by atoms with van der Waals surface area (Å²) in [5.74, 6) is 0. The Balaban J connectivity index is 2.46. The molecule has 0 aliphatic rings. The van der Waals surface area contributed by atoms with Crippen LogP contribution in [0.15, 0.2) is 41.3 Å². The van der Waals surface area contributed by atoms with Gasteiger partial charge in [0.1, 0.15) is 4.90 Å². The first-order valence-electron chi connectivity index (χ1n) is 5.92. The van der Waals surface area contributed by atoms with Gasteiger partial charge in [0.25, 0.3) is 10.0 Å². The van der Waals surface area contributed by atoms with Crippen LogP contribution in [0.3, 0.4) is 0 Å². The molecular weight excluding hydrogens is 310 g/mol. The van der Waals surface area contributed by atoms with Crippen LogP contribution in [0.2, 0.25) is 5.02 Å². The number of nitrogen functional groups attached to an aromatic ring is 1. The van der Waals surface area contributed by atoms with Gasteiger partial charge in [-0.1, -0.05) is 23.7 Å². The number of hydrogen-bond acceptors (Lipinski definition) is 4. The zero-order chi connectivity index (χ0) is 15.6. The van der Waals surface area contributed by atoms with Crippen molar-refractivity contribution in [1.29, 1.82) is 5.26 Å². The van der Waals surface area contributed by atoms with E-state index in [9.17, 15) is 8.42 Å². The first-order chi connectivity index (χ1) is 9.85. The molecule has 0 fully saturated rings. The van der Waals surface area contributed by atoms with E-state index < -0.39 is 10.0 Å². The molecule has 0 bridgehead atoms. The summed E-state index contributed by atoms with van der Waals surface area (Å²) in [6, 6.07) is 11.1. The van der Waals surface area contributed by atoms with Crippen LogP contribution in [-0.2, 0) is 10.0 Å². The van der Waals surface area contributed by atoms with Gasteiger partial charge < -0.3 is 5.73 Å². The van der Waals surface area contributed by atoms with Crippen LogP contribution in [0, 0.1) is 18.3 Å². The van der Waals surface area contributed by atoms with Gasteiger partial charge in [-0.15, -0.1) is 0 Å². The van der Waals surface area contributed by atoms with E-state index in [1.807, 2.05) is 6.07 Å². The lowest BCUT2D eigenvalue weighted by Crippen LogP contribution is -2.16. The highest BCUT2D eigenvalue weighted by Gasteiger charge is 2.21. The summed E-state index contributed by atoms with van der Waals surface area (Å²) in [5.41, 5.74) is 6.98. The number of benzene rings is 2. The molecule has 0 heterocycles. The molecule has 3 N–H and O–H groups in total. The number of halogens is 1. The van der Waals surface area contributed by atoms with Gasteiger partial charge in [-0.2, -0.15) is 5.26 Å². The van der Waals surface area contributed by atoms with Crippen LogP contribution in [-0.4, -0.2) is 8.42 Å². The number of rotatable bonds is 3. The summed E-state index contributed by atoms with van der Waals surface area (Å²) >= 11 is 5.97. The predicted octanol–water partition coefficient (Wildman–Crippen LogP) is 2.90. The number of hydrogen-bond donors (Lipinski definition) is 2. The van der Waals surface area contributed by atoms with Gasteiger partial charge in [-0.05, 0) is 36.8 Å². The van der Waals surface area contributed by atoms with Crippen molar-refractivity contribution in [2.75, 3.05) is 10.5 Å².